The lowest BCUT2D eigenvalue weighted by Gasteiger charge is -2.14. The largest absolute Gasteiger partial charge is 0.433 e. The van der Waals surface area contributed by atoms with Crippen LogP contribution in [0.4, 0.5) is 11.6 Å². The fourth-order valence-corrected chi connectivity index (χ4v) is 2.53. The van der Waals surface area contributed by atoms with Gasteiger partial charge in [-0.2, -0.15) is 0 Å². The van der Waals surface area contributed by atoms with E-state index in [1.54, 1.807) is 24.3 Å². The second kappa shape index (κ2) is 6.73. The third-order valence-corrected chi connectivity index (χ3v) is 3.77. The van der Waals surface area contributed by atoms with Gasteiger partial charge in [-0.05, 0) is 36.4 Å². The first-order valence-electron chi connectivity index (χ1n) is 6.99. The SMILES string of the molecule is O=C1NN(c2cccc(Br)c2)C(=O)/C1=C\C=C\c1ccc([N+](=O)[O-])o1. The third-order valence-electron chi connectivity index (χ3n) is 3.27. The van der Waals surface area contributed by atoms with E-state index >= 15 is 0 Å². The number of halogens is 1. The summed E-state index contributed by atoms with van der Waals surface area (Å²) in [5, 5.41) is 11.7. The topological polar surface area (TPSA) is 106 Å². The van der Waals surface area contributed by atoms with Gasteiger partial charge in [-0.25, -0.2) is 5.01 Å². The van der Waals surface area contributed by atoms with Crippen LogP contribution in [0.1, 0.15) is 5.76 Å². The van der Waals surface area contributed by atoms with Crippen molar-refractivity contribution in [2.45, 2.75) is 0 Å². The van der Waals surface area contributed by atoms with E-state index < -0.39 is 16.7 Å². The van der Waals surface area contributed by atoms with Crippen molar-refractivity contribution in [3.63, 3.8) is 0 Å². The fraction of sp³-hybridized carbons (Fsp3) is 0. The van der Waals surface area contributed by atoms with Crippen molar-refractivity contribution in [3.05, 3.63) is 74.5 Å². The number of nitrogens with zero attached hydrogens (tertiary/aromatic N) is 2. The number of anilines is 1. The van der Waals surface area contributed by atoms with Crippen LogP contribution in [0.3, 0.4) is 0 Å². The number of benzene rings is 1. The van der Waals surface area contributed by atoms with Gasteiger partial charge >= 0.3 is 5.88 Å². The molecule has 0 aliphatic carbocycles. The summed E-state index contributed by atoms with van der Waals surface area (Å²) < 4.78 is 5.72. The Balaban J connectivity index is 1.78. The number of nitro groups is 1. The minimum atomic E-state index is -0.653. The Morgan fingerprint density at radius 2 is 2.04 bits per heavy atom. The monoisotopic (exact) mass is 403 g/mol. The summed E-state index contributed by atoms with van der Waals surface area (Å²) in [5.41, 5.74) is 2.93. The van der Waals surface area contributed by atoms with Crippen molar-refractivity contribution in [2.75, 3.05) is 5.01 Å². The summed E-state index contributed by atoms with van der Waals surface area (Å²) in [4.78, 5) is 34.3. The molecule has 2 heterocycles. The van der Waals surface area contributed by atoms with Gasteiger partial charge in [0.1, 0.15) is 16.3 Å². The van der Waals surface area contributed by atoms with E-state index in [0.717, 1.165) is 9.48 Å². The Bertz CT molecular complexity index is 931. The average Bonchev–Trinajstić information content (AvgIpc) is 3.15. The van der Waals surface area contributed by atoms with Crippen LogP contribution < -0.4 is 10.4 Å². The van der Waals surface area contributed by atoms with Crippen LogP contribution in [-0.2, 0) is 9.59 Å². The van der Waals surface area contributed by atoms with Crippen LogP contribution in [0.2, 0.25) is 0 Å². The number of allylic oxidation sites excluding steroid dienone is 2. The minimum absolute atomic E-state index is 0.0581. The minimum Gasteiger partial charge on any atom is -0.401 e. The number of carbonyl (C=O) groups is 2. The first-order valence-corrected chi connectivity index (χ1v) is 7.78. The van der Waals surface area contributed by atoms with Crippen molar-refractivity contribution < 1.29 is 18.9 Å². The van der Waals surface area contributed by atoms with E-state index in [4.69, 9.17) is 4.42 Å². The normalized spacial score (nSPS) is 16.0. The number of hydrogen-bond acceptors (Lipinski definition) is 5. The predicted octanol–water partition coefficient (Wildman–Crippen LogP) is 2.97. The molecule has 1 aliphatic heterocycles. The molecule has 3 rings (SSSR count). The highest BCUT2D eigenvalue weighted by Gasteiger charge is 2.34. The van der Waals surface area contributed by atoms with E-state index in [9.17, 15) is 19.7 Å². The predicted molar refractivity (Wildman–Crippen MR) is 92.3 cm³/mol. The summed E-state index contributed by atoms with van der Waals surface area (Å²) in [6, 6.07) is 9.55. The van der Waals surface area contributed by atoms with E-state index in [0.29, 0.717) is 5.69 Å². The molecule has 0 radical (unpaired) electrons. The van der Waals surface area contributed by atoms with Gasteiger partial charge in [0.15, 0.2) is 0 Å². The van der Waals surface area contributed by atoms with Crippen molar-refractivity contribution in [1.82, 2.24) is 5.43 Å². The van der Waals surface area contributed by atoms with Gasteiger partial charge in [0, 0.05) is 4.47 Å². The van der Waals surface area contributed by atoms with Gasteiger partial charge in [-0.15, -0.1) is 0 Å². The highest BCUT2D eigenvalue weighted by molar-refractivity contribution is 9.10. The number of carbonyl (C=O) groups excluding carboxylic acids is 2. The fourth-order valence-electron chi connectivity index (χ4n) is 2.14. The molecule has 0 bridgehead atoms. The Hall–Kier alpha value is -3.20. The van der Waals surface area contributed by atoms with E-state index in [1.807, 2.05) is 0 Å². The summed E-state index contributed by atoms with van der Waals surface area (Å²) in [6.07, 6.45) is 4.16. The molecule has 2 amide bonds. The second-order valence-electron chi connectivity index (χ2n) is 4.93. The molecule has 25 heavy (non-hydrogen) atoms. The summed E-state index contributed by atoms with van der Waals surface area (Å²) in [7, 11) is 0. The number of hydrogen-bond donors (Lipinski definition) is 1. The molecule has 0 saturated carbocycles. The molecule has 1 aliphatic rings. The average molecular weight is 404 g/mol. The molecule has 0 spiro atoms. The van der Waals surface area contributed by atoms with Crippen LogP contribution in [0, 0.1) is 10.1 Å². The van der Waals surface area contributed by atoms with Crippen molar-refractivity contribution >= 4 is 45.4 Å². The lowest BCUT2D eigenvalue weighted by Crippen LogP contribution is -2.35. The molecule has 9 heteroatoms. The van der Waals surface area contributed by atoms with Gasteiger partial charge in [-0.3, -0.25) is 25.1 Å². The summed E-state index contributed by atoms with van der Waals surface area (Å²) in [6.45, 7) is 0. The Morgan fingerprint density at radius 1 is 1.24 bits per heavy atom. The molecule has 0 unspecified atom stereocenters. The van der Waals surface area contributed by atoms with E-state index in [2.05, 4.69) is 21.4 Å². The highest BCUT2D eigenvalue weighted by atomic mass is 79.9. The molecule has 126 valence electrons. The zero-order chi connectivity index (χ0) is 18.0. The van der Waals surface area contributed by atoms with Crippen LogP contribution in [0.5, 0.6) is 0 Å². The number of furan rings is 1. The van der Waals surface area contributed by atoms with Crippen molar-refractivity contribution in [2.24, 2.45) is 0 Å². The third kappa shape index (κ3) is 3.50. The molecule has 1 fully saturated rings. The van der Waals surface area contributed by atoms with Crippen LogP contribution in [0.15, 0.2) is 63.0 Å². The molecule has 1 aromatic heterocycles. The Morgan fingerprint density at radius 3 is 2.72 bits per heavy atom. The zero-order valence-electron chi connectivity index (χ0n) is 12.5. The molecule has 2 aromatic rings. The maximum absolute atomic E-state index is 12.4. The molecule has 1 saturated heterocycles. The van der Waals surface area contributed by atoms with Crippen molar-refractivity contribution in [3.8, 4) is 0 Å². The Labute approximate surface area is 149 Å². The molecule has 8 nitrogen and oxygen atoms in total. The summed E-state index contributed by atoms with van der Waals surface area (Å²) in [5.74, 6) is -1.20. The highest BCUT2D eigenvalue weighted by Crippen LogP contribution is 2.23. The van der Waals surface area contributed by atoms with Gasteiger partial charge < -0.3 is 4.42 Å². The molecule has 1 N–H and O–H groups in total. The number of nitrogens with one attached hydrogen (secondary N) is 1. The maximum atomic E-state index is 12.4. The second-order valence-corrected chi connectivity index (χ2v) is 5.85. The lowest BCUT2D eigenvalue weighted by atomic mass is 10.2. The van der Waals surface area contributed by atoms with Gasteiger partial charge in [0.05, 0.1) is 11.8 Å². The smallest absolute Gasteiger partial charge is 0.401 e. The zero-order valence-corrected chi connectivity index (χ0v) is 14.1. The number of amides is 2. The first kappa shape index (κ1) is 16.7. The standard InChI is InChI=1S/C16H10BrN3O5/c17-10-3-1-4-11(9-10)19-16(22)13(15(21)18-19)6-2-5-12-7-8-14(25-12)20(23)24/h1-9H,(H,18,21)/b5-2+,13-6-. The van der Waals surface area contributed by atoms with Crippen LogP contribution in [0.25, 0.3) is 6.08 Å². The number of hydrazine groups is 1. The lowest BCUT2D eigenvalue weighted by molar-refractivity contribution is -0.402. The van der Waals surface area contributed by atoms with E-state index in [1.165, 1.54) is 30.4 Å². The van der Waals surface area contributed by atoms with Crippen molar-refractivity contribution in [1.29, 1.82) is 0 Å². The number of rotatable bonds is 4. The van der Waals surface area contributed by atoms with Crippen LogP contribution >= 0.6 is 15.9 Å². The summed E-state index contributed by atoms with van der Waals surface area (Å²) >= 11 is 3.30. The molecule has 0 atom stereocenters. The molecule has 1 aromatic carbocycles. The molecular formula is C16H10BrN3O5. The quantitative estimate of drug-likeness (QED) is 0.365. The van der Waals surface area contributed by atoms with Gasteiger partial charge in [0.2, 0.25) is 0 Å². The molecular weight excluding hydrogens is 394 g/mol. The van der Waals surface area contributed by atoms with Gasteiger partial charge in [-0.1, -0.05) is 28.1 Å². The first-order chi connectivity index (χ1) is 12.0. The Kier molecular flexibility index (Phi) is 4.48. The van der Waals surface area contributed by atoms with Crippen LogP contribution in [-0.4, -0.2) is 16.7 Å². The maximum Gasteiger partial charge on any atom is 0.433 e. The van der Waals surface area contributed by atoms with E-state index in [-0.39, 0.29) is 17.2 Å². The van der Waals surface area contributed by atoms with Gasteiger partial charge in [0.25, 0.3) is 11.8 Å².